The highest BCUT2D eigenvalue weighted by atomic mass is 16.3. The van der Waals surface area contributed by atoms with E-state index in [0.717, 1.165) is 33.6 Å². The van der Waals surface area contributed by atoms with Gasteiger partial charge in [0.15, 0.2) is 0 Å². The number of aromatic hydroxyl groups is 2. The van der Waals surface area contributed by atoms with E-state index in [-0.39, 0.29) is 17.4 Å². The van der Waals surface area contributed by atoms with Gasteiger partial charge in [-0.1, -0.05) is 60.2 Å². The van der Waals surface area contributed by atoms with Crippen LogP contribution in [0.3, 0.4) is 0 Å². The highest BCUT2D eigenvalue weighted by molar-refractivity contribution is 6.17. The fourth-order valence-corrected chi connectivity index (χ4v) is 5.40. The number of phenolic OH excluding ortho intramolecular Hbond substituents is 2. The molecule has 0 aromatic heterocycles. The lowest BCUT2D eigenvalue weighted by atomic mass is 9.69. The zero-order chi connectivity index (χ0) is 25.1. The third-order valence-corrected chi connectivity index (χ3v) is 7.21. The van der Waals surface area contributed by atoms with Crippen molar-refractivity contribution in [1.29, 1.82) is 0 Å². The van der Waals surface area contributed by atoms with E-state index in [1.54, 1.807) is 4.90 Å². The fraction of sp³-hybridized carbons (Fsp3) is 0.194. The van der Waals surface area contributed by atoms with Crippen molar-refractivity contribution in [2.75, 3.05) is 4.90 Å². The van der Waals surface area contributed by atoms with Gasteiger partial charge in [0, 0.05) is 11.3 Å². The minimum Gasteiger partial charge on any atom is -0.507 e. The Hall–Kier alpha value is -4.05. The van der Waals surface area contributed by atoms with Gasteiger partial charge in [0.1, 0.15) is 16.9 Å². The largest absolute Gasteiger partial charge is 0.507 e. The molecule has 0 aliphatic carbocycles. The van der Waals surface area contributed by atoms with E-state index in [0.29, 0.717) is 22.3 Å². The fourth-order valence-electron chi connectivity index (χ4n) is 5.40. The summed E-state index contributed by atoms with van der Waals surface area (Å²) in [5.41, 5.74) is 6.92. The first kappa shape index (κ1) is 22.7. The van der Waals surface area contributed by atoms with Crippen LogP contribution in [0.4, 0.5) is 11.4 Å². The Bertz CT molecular complexity index is 1380. The molecule has 0 unspecified atom stereocenters. The number of hydrogen-bond donors (Lipinski definition) is 2. The second-order valence-corrected chi connectivity index (χ2v) is 9.66. The molecule has 0 fully saturated rings. The maximum atomic E-state index is 14.8. The second kappa shape index (κ2) is 8.02. The molecule has 1 amide bonds. The molecule has 0 bridgehead atoms. The molecule has 1 aliphatic rings. The maximum absolute atomic E-state index is 14.8. The Kier molecular flexibility index (Phi) is 5.21. The van der Waals surface area contributed by atoms with Crippen LogP contribution in [0, 0.1) is 34.6 Å². The van der Waals surface area contributed by atoms with Crippen molar-refractivity contribution in [2.24, 2.45) is 0 Å². The molecule has 4 nitrogen and oxygen atoms in total. The molecule has 2 N–H and O–H groups in total. The number of rotatable bonds is 3. The van der Waals surface area contributed by atoms with Crippen LogP contribution in [0.5, 0.6) is 11.5 Å². The molecular weight excluding hydrogens is 434 g/mol. The maximum Gasteiger partial charge on any atom is 0.251 e. The van der Waals surface area contributed by atoms with Crippen LogP contribution in [0.1, 0.15) is 44.5 Å². The first-order valence-corrected chi connectivity index (χ1v) is 11.8. The first-order valence-electron chi connectivity index (χ1n) is 11.8. The molecular formula is C31H29NO3. The van der Waals surface area contributed by atoms with Crippen molar-refractivity contribution in [3.63, 3.8) is 0 Å². The predicted octanol–water partition coefficient (Wildman–Crippen LogP) is 6.65. The lowest BCUT2D eigenvalue weighted by Gasteiger charge is -2.32. The number of aryl methyl sites for hydroxylation is 5. The van der Waals surface area contributed by atoms with E-state index >= 15 is 0 Å². The third-order valence-electron chi connectivity index (χ3n) is 7.21. The predicted molar refractivity (Wildman–Crippen MR) is 140 cm³/mol. The Morgan fingerprint density at radius 2 is 1.11 bits per heavy atom. The summed E-state index contributed by atoms with van der Waals surface area (Å²) in [5.74, 6) is 0.378. The topological polar surface area (TPSA) is 60.8 Å². The van der Waals surface area contributed by atoms with Crippen LogP contribution in [0.2, 0.25) is 0 Å². The van der Waals surface area contributed by atoms with Gasteiger partial charge in [-0.2, -0.15) is 0 Å². The van der Waals surface area contributed by atoms with E-state index in [1.807, 2.05) is 107 Å². The van der Waals surface area contributed by atoms with Crippen LogP contribution in [0.15, 0.2) is 72.8 Å². The highest BCUT2D eigenvalue weighted by Crippen LogP contribution is 2.54. The van der Waals surface area contributed by atoms with Gasteiger partial charge < -0.3 is 10.2 Å². The van der Waals surface area contributed by atoms with Crippen molar-refractivity contribution >= 4 is 17.3 Å². The number of hydrogen-bond acceptors (Lipinski definition) is 3. The molecule has 5 rings (SSSR count). The summed E-state index contributed by atoms with van der Waals surface area (Å²) >= 11 is 0. The Morgan fingerprint density at radius 3 is 1.60 bits per heavy atom. The van der Waals surface area contributed by atoms with Gasteiger partial charge in [-0.05, 0) is 86.2 Å². The number of amides is 1. The molecule has 0 radical (unpaired) electrons. The zero-order valence-electron chi connectivity index (χ0n) is 20.7. The molecule has 4 heteroatoms. The average molecular weight is 464 g/mol. The Labute approximate surface area is 206 Å². The Balaban J connectivity index is 1.91. The summed E-state index contributed by atoms with van der Waals surface area (Å²) in [4.78, 5) is 16.6. The van der Waals surface area contributed by atoms with Crippen molar-refractivity contribution in [1.82, 2.24) is 0 Å². The van der Waals surface area contributed by atoms with E-state index in [4.69, 9.17) is 0 Å². The molecule has 1 heterocycles. The van der Waals surface area contributed by atoms with Gasteiger partial charge in [0.2, 0.25) is 0 Å². The quantitative estimate of drug-likeness (QED) is 0.357. The van der Waals surface area contributed by atoms with Crippen LogP contribution < -0.4 is 4.90 Å². The number of carbonyl (C=O) groups is 1. The summed E-state index contributed by atoms with van der Waals surface area (Å²) in [6.45, 7) is 9.45. The number of carbonyl (C=O) groups excluding carboxylic acids is 1. The van der Waals surface area contributed by atoms with Gasteiger partial charge in [0.05, 0.1) is 5.69 Å². The second-order valence-electron chi connectivity index (χ2n) is 9.66. The number of benzene rings is 4. The smallest absolute Gasteiger partial charge is 0.251 e. The number of para-hydroxylation sites is 1. The van der Waals surface area contributed by atoms with Gasteiger partial charge in [0.25, 0.3) is 5.91 Å². The third kappa shape index (κ3) is 3.24. The van der Waals surface area contributed by atoms with E-state index in [1.165, 1.54) is 0 Å². The minimum absolute atomic E-state index is 0.0865. The molecule has 4 aromatic rings. The van der Waals surface area contributed by atoms with E-state index < -0.39 is 5.41 Å². The minimum atomic E-state index is -1.14. The lowest BCUT2D eigenvalue weighted by molar-refractivity contribution is -0.120. The highest BCUT2D eigenvalue weighted by Gasteiger charge is 2.54. The molecule has 0 spiro atoms. The molecule has 1 aliphatic heterocycles. The van der Waals surface area contributed by atoms with Crippen molar-refractivity contribution in [3.05, 3.63) is 117 Å². The summed E-state index contributed by atoms with van der Waals surface area (Å²) in [5, 5.41) is 21.1. The van der Waals surface area contributed by atoms with E-state index in [9.17, 15) is 15.0 Å². The first-order chi connectivity index (χ1) is 16.7. The SMILES string of the molecule is Cc1ccc(N2C(=O)C(c3cc(C)c(O)c(C)c3)(c3cc(C)c(O)c(C)c3)c3ccccc32)cc1. The van der Waals surface area contributed by atoms with Crippen molar-refractivity contribution < 1.29 is 15.0 Å². The number of anilines is 2. The molecule has 0 atom stereocenters. The number of phenols is 2. The monoisotopic (exact) mass is 463 g/mol. The van der Waals surface area contributed by atoms with Gasteiger partial charge in [-0.15, -0.1) is 0 Å². The number of fused-ring (bicyclic) bond motifs is 1. The van der Waals surface area contributed by atoms with Crippen LogP contribution >= 0.6 is 0 Å². The van der Waals surface area contributed by atoms with Gasteiger partial charge in [-0.25, -0.2) is 0 Å². The number of nitrogens with zero attached hydrogens (tertiary/aromatic N) is 1. The van der Waals surface area contributed by atoms with Crippen LogP contribution in [0.25, 0.3) is 0 Å². The lowest BCUT2D eigenvalue weighted by Crippen LogP contribution is -2.40. The molecule has 0 saturated carbocycles. The van der Waals surface area contributed by atoms with Crippen LogP contribution in [-0.2, 0) is 10.2 Å². The molecule has 4 aromatic carbocycles. The molecule has 0 saturated heterocycles. The molecule has 35 heavy (non-hydrogen) atoms. The van der Waals surface area contributed by atoms with Crippen molar-refractivity contribution in [2.45, 2.75) is 40.0 Å². The van der Waals surface area contributed by atoms with E-state index in [2.05, 4.69) is 0 Å². The summed E-state index contributed by atoms with van der Waals surface area (Å²) in [6, 6.07) is 23.5. The normalized spacial score (nSPS) is 14.3. The molecule has 176 valence electrons. The summed E-state index contributed by atoms with van der Waals surface area (Å²) < 4.78 is 0. The standard InChI is InChI=1S/C31H29NO3/c1-18-10-12-25(13-11-18)32-27-9-7-6-8-26(27)31(30(32)35,23-14-19(2)28(33)20(3)15-23)24-16-21(4)29(34)22(5)17-24/h6-17,33-34H,1-5H3. The van der Waals surface area contributed by atoms with Gasteiger partial charge >= 0.3 is 0 Å². The summed E-state index contributed by atoms with van der Waals surface area (Å²) in [7, 11) is 0. The Morgan fingerprint density at radius 1 is 0.657 bits per heavy atom. The zero-order valence-corrected chi connectivity index (χ0v) is 20.7. The van der Waals surface area contributed by atoms with Gasteiger partial charge in [-0.3, -0.25) is 9.69 Å². The summed E-state index contributed by atoms with van der Waals surface area (Å²) in [6.07, 6.45) is 0. The van der Waals surface area contributed by atoms with Crippen molar-refractivity contribution in [3.8, 4) is 11.5 Å². The van der Waals surface area contributed by atoms with Crippen LogP contribution in [-0.4, -0.2) is 16.1 Å². The average Bonchev–Trinajstić information content (AvgIpc) is 3.10.